The number of hydrogen-bond acceptors (Lipinski definition) is 2. The number of rotatable bonds is 9. The summed E-state index contributed by atoms with van der Waals surface area (Å²) in [7, 11) is 0. The van der Waals surface area contributed by atoms with Gasteiger partial charge < -0.3 is 9.47 Å². The first-order valence-electron chi connectivity index (χ1n) is 5.88. The van der Waals surface area contributed by atoms with Crippen molar-refractivity contribution in [2.45, 2.75) is 57.9 Å². The van der Waals surface area contributed by atoms with Gasteiger partial charge in [0, 0.05) is 19.6 Å². The summed E-state index contributed by atoms with van der Waals surface area (Å²) in [5, 5.41) is 0. The van der Waals surface area contributed by atoms with E-state index in [1.807, 2.05) is 6.92 Å². The maximum Gasteiger partial charge on any atom is 0.453 e. The maximum atomic E-state index is 12.5. The largest absolute Gasteiger partial charge is 0.453 e. The monoisotopic (exact) mass is 278 g/mol. The van der Waals surface area contributed by atoms with E-state index in [1.54, 1.807) is 6.92 Å². The topological polar surface area (TPSA) is 18.5 Å². The molecule has 0 heterocycles. The zero-order valence-electron chi connectivity index (χ0n) is 10.5. The molecule has 0 aliphatic carbocycles. The molecule has 0 amide bonds. The van der Waals surface area contributed by atoms with Crippen molar-refractivity contribution >= 4 is 0 Å². The minimum atomic E-state index is -5.49. The van der Waals surface area contributed by atoms with Gasteiger partial charge in [-0.1, -0.05) is 13.3 Å². The Balaban J connectivity index is 3.67. The predicted molar refractivity (Wildman–Crippen MR) is 56.5 cm³/mol. The van der Waals surface area contributed by atoms with Crippen molar-refractivity contribution in [1.82, 2.24) is 0 Å². The van der Waals surface area contributed by atoms with Gasteiger partial charge in [0.1, 0.15) is 0 Å². The molecule has 0 N–H and O–H groups in total. The van der Waals surface area contributed by atoms with Crippen molar-refractivity contribution < 1.29 is 31.4 Å². The third-order valence-corrected chi connectivity index (χ3v) is 2.25. The van der Waals surface area contributed by atoms with E-state index in [-0.39, 0.29) is 13.0 Å². The molecule has 7 heteroatoms. The fourth-order valence-electron chi connectivity index (χ4n) is 1.13. The molecule has 0 fully saturated rings. The van der Waals surface area contributed by atoms with Gasteiger partial charge in [-0.05, 0) is 19.8 Å². The van der Waals surface area contributed by atoms with Crippen LogP contribution in [0.5, 0.6) is 0 Å². The molecule has 0 radical (unpaired) electrons. The zero-order valence-corrected chi connectivity index (χ0v) is 10.5. The number of halogens is 5. The third kappa shape index (κ3) is 7.10. The van der Waals surface area contributed by atoms with Gasteiger partial charge in [-0.3, -0.25) is 0 Å². The molecule has 1 unspecified atom stereocenters. The van der Waals surface area contributed by atoms with Crippen LogP contribution in [-0.4, -0.2) is 31.6 Å². The minimum absolute atomic E-state index is 0.182. The van der Waals surface area contributed by atoms with Gasteiger partial charge in [0.15, 0.2) is 6.29 Å². The quantitative estimate of drug-likeness (QED) is 0.358. The highest BCUT2D eigenvalue weighted by molar-refractivity contribution is 4.75. The lowest BCUT2D eigenvalue weighted by molar-refractivity contribution is -0.285. The Hall–Kier alpha value is -0.430. The fraction of sp³-hybridized carbons (Fsp3) is 1.00. The van der Waals surface area contributed by atoms with Crippen molar-refractivity contribution in [1.29, 1.82) is 0 Å². The summed E-state index contributed by atoms with van der Waals surface area (Å²) in [6.45, 7) is 3.86. The molecule has 0 bridgehead atoms. The second kappa shape index (κ2) is 7.89. The SMILES string of the molecule is CCCCOC(C)OCCCC(F)(F)C(F)(F)F. The Morgan fingerprint density at radius 1 is 0.944 bits per heavy atom. The molecule has 0 spiro atoms. The van der Waals surface area contributed by atoms with Gasteiger partial charge in [0.2, 0.25) is 0 Å². The van der Waals surface area contributed by atoms with Crippen LogP contribution in [0.25, 0.3) is 0 Å². The van der Waals surface area contributed by atoms with Crippen LogP contribution in [0.15, 0.2) is 0 Å². The summed E-state index contributed by atoms with van der Waals surface area (Å²) in [5.41, 5.74) is 0. The third-order valence-electron chi connectivity index (χ3n) is 2.25. The second-order valence-corrected chi connectivity index (χ2v) is 3.97. The van der Waals surface area contributed by atoms with Gasteiger partial charge in [-0.2, -0.15) is 22.0 Å². The van der Waals surface area contributed by atoms with Crippen molar-refractivity contribution in [2.75, 3.05) is 13.2 Å². The van der Waals surface area contributed by atoms with Crippen LogP contribution in [0.1, 0.15) is 39.5 Å². The summed E-state index contributed by atoms with van der Waals surface area (Å²) in [6.07, 6.45) is -5.91. The van der Waals surface area contributed by atoms with Crippen LogP contribution in [0.2, 0.25) is 0 Å². The normalized spacial score (nSPS) is 14.8. The molecular weight excluding hydrogens is 259 g/mol. The standard InChI is InChI=1S/C11H19F5O2/c1-3-4-7-17-9(2)18-8-5-6-10(12,13)11(14,15)16/h9H,3-8H2,1-2H3. The molecule has 0 saturated carbocycles. The summed E-state index contributed by atoms with van der Waals surface area (Å²) in [6, 6.07) is 0. The van der Waals surface area contributed by atoms with Crippen LogP contribution < -0.4 is 0 Å². The van der Waals surface area contributed by atoms with E-state index in [0.717, 1.165) is 12.8 Å². The molecule has 110 valence electrons. The van der Waals surface area contributed by atoms with E-state index in [4.69, 9.17) is 9.47 Å². The first-order valence-corrected chi connectivity index (χ1v) is 5.88. The zero-order chi connectivity index (χ0) is 14.2. The highest BCUT2D eigenvalue weighted by Crippen LogP contribution is 2.38. The van der Waals surface area contributed by atoms with E-state index in [9.17, 15) is 22.0 Å². The van der Waals surface area contributed by atoms with Gasteiger partial charge in [-0.15, -0.1) is 0 Å². The van der Waals surface area contributed by atoms with E-state index in [0.29, 0.717) is 6.61 Å². The smallest absolute Gasteiger partial charge is 0.353 e. The highest BCUT2D eigenvalue weighted by atomic mass is 19.4. The van der Waals surface area contributed by atoms with Crippen LogP contribution in [-0.2, 0) is 9.47 Å². The first kappa shape index (κ1) is 17.6. The molecular formula is C11H19F5O2. The summed E-state index contributed by atoms with van der Waals surface area (Å²) >= 11 is 0. The minimum Gasteiger partial charge on any atom is -0.353 e. The molecule has 0 aromatic carbocycles. The number of unbranched alkanes of at least 4 members (excludes halogenated alkanes) is 1. The summed E-state index contributed by atoms with van der Waals surface area (Å²) in [5.74, 6) is -4.65. The van der Waals surface area contributed by atoms with Crippen molar-refractivity contribution in [3.63, 3.8) is 0 Å². The molecule has 0 rings (SSSR count). The molecule has 0 aromatic rings. The molecule has 0 aliphatic heterocycles. The highest BCUT2D eigenvalue weighted by Gasteiger charge is 2.56. The molecule has 0 aliphatic rings. The van der Waals surface area contributed by atoms with E-state index in [2.05, 4.69) is 0 Å². The second-order valence-electron chi connectivity index (χ2n) is 3.97. The van der Waals surface area contributed by atoms with Gasteiger partial charge in [-0.25, -0.2) is 0 Å². The van der Waals surface area contributed by atoms with Crippen molar-refractivity contribution in [2.24, 2.45) is 0 Å². The predicted octanol–water partition coefficient (Wildman–Crippen LogP) is 4.14. The number of alkyl halides is 5. The lowest BCUT2D eigenvalue weighted by Gasteiger charge is -2.20. The molecule has 0 saturated heterocycles. The van der Waals surface area contributed by atoms with Crippen LogP contribution in [0.4, 0.5) is 22.0 Å². The molecule has 1 atom stereocenters. The molecule has 18 heavy (non-hydrogen) atoms. The number of ether oxygens (including phenoxy) is 2. The van der Waals surface area contributed by atoms with Gasteiger partial charge in [0.05, 0.1) is 0 Å². The first-order chi connectivity index (χ1) is 8.20. The fourth-order valence-corrected chi connectivity index (χ4v) is 1.13. The molecule has 0 aromatic heterocycles. The Morgan fingerprint density at radius 3 is 1.89 bits per heavy atom. The van der Waals surface area contributed by atoms with Crippen molar-refractivity contribution in [3.8, 4) is 0 Å². The Labute approximate surface area is 103 Å². The maximum absolute atomic E-state index is 12.5. The average molecular weight is 278 g/mol. The molecule has 2 nitrogen and oxygen atoms in total. The lowest BCUT2D eigenvalue weighted by Crippen LogP contribution is -2.36. The van der Waals surface area contributed by atoms with E-state index >= 15 is 0 Å². The van der Waals surface area contributed by atoms with Crippen LogP contribution in [0, 0.1) is 0 Å². The van der Waals surface area contributed by atoms with E-state index < -0.39 is 24.8 Å². The average Bonchev–Trinajstić information content (AvgIpc) is 2.23. The van der Waals surface area contributed by atoms with Gasteiger partial charge in [0.25, 0.3) is 0 Å². The van der Waals surface area contributed by atoms with Crippen LogP contribution >= 0.6 is 0 Å². The Bertz CT molecular complexity index is 218. The van der Waals surface area contributed by atoms with Crippen molar-refractivity contribution in [3.05, 3.63) is 0 Å². The van der Waals surface area contributed by atoms with E-state index in [1.165, 1.54) is 0 Å². The van der Waals surface area contributed by atoms with Crippen LogP contribution in [0.3, 0.4) is 0 Å². The summed E-state index contributed by atoms with van der Waals surface area (Å²) in [4.78, 5) is 0. The number of hydrogen-bond donors (Lipinski definition) is 0. The Kier molecular flexibility index (Phi) is 7.70. The van der Waals surface area contributed by atoms with Gasteiger partial charge >= 0.3 is 12.1 Å². The lowest BCUT2D eigenvalue weighted by atomic mass is 10.2. The summed E-state index contributed by atoms with van der Waals surface area (Å²) < 4.78 is 70.5. The Morgan fingerprint density at radius 2 is 1.44 bits per heavy atom.